The molecule has 0 aromatic heterocycles. The standard InChI is InChI=1S/C25H19FN2O6/c1-2-32-23-14-17(9-12-22(23)33-15-16-7-10-18(11-8-16)28(30)31)13-21-25(29)34-24(27-21)19-5-3-4-6-20(19)26/h3-14H,2,15H2,1H3/b21-13+. The number of aliphatic imine (C=N–C) groups is 1. The van der Waals surface area contributed by atoms with Gasteiger partial charge < -0.3 is 14.2 Å². The normalized spacial score (nSPS) is 14.0. The van der Waals surface area contributed by atoms with Gasteiger partial charge in [-0.25, -0.2) is 14.2 Å². The predicted octanol–water partition coefficient (Wildman–Crippen LogP) is 5.06. The van der Waals surface area contributed by atoms with Crippen LogP contribution in [0, 0.1) is 15.9 Å². The van der Waals surface area contributed by atoms with Crippen molar-refractivity contribution in [3.8, 4) is 11.5 Å². The zero-order chi connectivity index (χ0) is 24.1. The van der Waals surface area contributed by atoms with E-state index in [1.807, 2.05) is 6.92 Å². The van der Waals surface area contributed by atoms with E-state index < -0.39 is 16.7 Å². The molecule has 8 nitrogen and oxygen atoms in total. The molecule has 0 atom stereocenters. The number of hydrogen-bond acceptors (Lipinski definition) is 7. The summed E-state index contributed by atoms with van der Waals surface area (Å²) in [5.74, 6) is -0.407. The number of nitro benzene ring substituents is 1. The Bertz CT molecular complexity index is 1300. The molecule has 1 aliphatic rings. The molecule has 0 spiro atoms. The molecular weight excluding hydrogens is 443 g/mol. The Morgan fingerprint density at radius 3 is 2.53 bits per heavy atom. The van der Waals surface area contributed by atoms with E-state index in [1.165, 1.54) is 36.4 Å². The molecule has 1 heterocycles. The van der Waals surface area contributed by atoms with Crippen LogP contribution in [-0.4, -0.2) is 23.4 Å². The lowest BCUT2D eigenvalue weighted by Gasteiger charge is -2.13. The van der Waals surface area contributed by atoms with Crippen LogP contribution in [0.25, 0.3) is 6.08 Å². The van der Waals surface area contributed by atoms with Crippen molar-refractivity contribution in [2.45, 2.75) is 13.5 Å². The number of nitrogens with zero attached hydrogens (tertiary/aromatic N) is 2. The van der Waals surface area contributed by atoms with Crippen LogP contribution in [0.3, 0.4) is 0 Å². The van der Waals surface area contributed by atoms with Gasteiger partial charge in [-0.2, -0.15) is 0 Å². The van der Waals surface area contributed by atoms with Crippen molar-refractivity contribution in [1.82, 2.24) is 0 Å². The van der Waals surface area contributed by atoms with Crippen molar-refractivity contribution in [1.29, 1.82) is 0 Å². The van der Waals surface area contributed by atoms with Gasteiger partial charge in [0.2, 0.25) is 5.90 Å². The molecule has 0 saturated carbocycles. The van der Waals surface area contributed by atoms with Crippen LogP contribution in [0.2, 0.25) is 0 Å². The van der Waals surface area contributed by atoms with Crippen molar-refractivity contribution in [3.05, 3.63) is 105 Å². The third-order valence-corrected chi connectivity index (χ3v) is 4.84. The predicted molar refractivity (Wildman–Crippen MR) is 122 cm³/mol. The number of esters is 1. The Morgan fingerprint density at radius 1 is 1.06 bits per heavy atom. The first kappa shape index (κ1) is 22.7. The average molecular weight is 462 g/mol. The molecule has 3 aromatic carbocycles. The Kier molecular flexibility index (Phi) is 6.63. The average Bonchev–Trinajstić information content (AvgIpc) is 3.19. The summed E-state index contributed by atoms with van der Waals surface area (Å²) < 4.78 is 30.6. The molecule has 0 unspecified atom stereocenters. The number of rotatable bonds is 8. The molecule has 0 radical (unpaired) electrons. The van der Waals surface area contributed by atoms with Crippen molar-refractivity contribution in [2.75, 3.05) is 6.61 Å². The van der Waals surface area contributed by atoms with E-state index in [-0.39, 0.29) is 29.5 Å². The highest BCUT2D eigenvalue weighted by molar-refractivity contribution is 6.12. The molecule has 0 fully saturated rings. The second-order valence-corrected chi connectivity index (χ2v) is 7.17. The fraction of sp³-hybridized carbons (Fsp3) is 0.120. The number of carbonyl (C=O) groups is 1. The molecule has 0 bridgehead atoms. The lowest BCUT2D eigenvalue weighted by atomic mass is 10.1. The summed E-state index contributed by atoms with van der Waals surface area (Å²) in [4.78, 5) is 26.7. The second kappa shape index (κ2) is 9.95. The van der Waals surface area contributed by atoms with Crippen LogP contribution in [0.1, 0.15) is 23.6 Å². The quantitative estimate of drug-likeness (QED) is 0.201. The first-order valence-corrected chi connectivity index (χ1v) is 10.3. The van der Waals surface area contributed by atoms with Gasteiger partial charge in [0.15, 0.2) is 17.2 Å². The molecule has 172 valence electrons. The zero-order valence-electron chi connectivity index (χ0n) is 18.1. The maximum absolute atomic E-state index is 14.0. The fourth-order valence-electron chi connectivity index (χ4n) is 3.19. The number of hydrogen-bond donors (Lipinski definition) is 0. The van der Waals surface area contributed by atoms with Gasteiger partial charge in [-0.05, 0) is 60.5 Å². The van der Waals surface area contributed by atoms with E-state index in [1.54, 1.807) is 36.4 Å². The first-order valence-electron chi connectivity index (χ1n) is 10.3. The van der Waals surface area contributed by atoms with Gasteiger partial charge in [0.1, 0.15) is 12.4 Å². The first-order chi connectivity index (χ1) is 16.4. The van der Waals surface area contributed by atoms with E-state index in [0.29, 0.717) is 23.7 Å². The Labute approximate surface area is 194 Å². The second-order valence-electron chi connectivity index (χ2n) is 7.17. The summed E-state index contributed by atoms with van der Waals surface area (Å²) in [5, 5.41) is 10.8. The number of ether oxygens (including phenoxy) is 3. The lowest BCUT2D eigenvalue weighted by molar-refractivity contribution is -0.384. The molecule has 1 aliphatic heterocycles. The number of carbonyl (C=O) groups excluding carboxylic acids is 1. The molecule has 3 aromatic rings. The largest absolute Gasteiger partial charge is 0.490 e. The van der Waals surface area contributed by atoms with E-state index in [2.05, 4.69) is 4.99 Å². The summed E-state index contributed by atoms with van der Waals surface area (Å²) in [6.07, 6.45) is 1.51. The van der Waals surface area contributed by atoms with Gasteiger partial charge in [0, 0.05) is 12.1 Å². The zero-order valence-corrected chi connectivity index (χ0v) is 18.1. The molecule has 34 heavy (non-hydrogen) atoms. The van der Waals surface area contributed by atoms with Gasteiger partial charge in [-0.1, -0.05) is 18.2 Å². The topological polar surface area (TPSA) is 100 Å². The minimum atomic E-state index is -0.685. The monoisotopic (exact) mass is 462 g/mol. The van der Waals surface area contributed by atoms with Crippen LogP contribution >= 0.6 is 0 Å². The Hall–Kier alpha value is -4.53. The lowest BCUT2D eigenvalue weighted by Crippen LogP contribution is -2.07. The van der Waals surface area contributed by atoms with Crippen molar-refractivity contribution in [2.24, 2.45) is 4.99 Å². The SMILES string of the molecule is CCOc1cc(/C=C2/N=C(c3ccccc3F)OC2=O)ccc1OCc1ccc([N+](=O)[O-])cc1. The minimum absolute atomic E-state index is 0.00223. The van der Waals surface area contributed by atoms with E-state index in [9.17, 15) is 19.3 Å². The fourth-order valence-corrected chi connectivity index (χ4v) is 3.19. The molecule has 0 saturated heterocycles. The van der Waals surface area contributed by atoms with Crippen LogP contribution < -0.4 is 9.47 Å². The van der Waals surface area contributed by atoms with Gasteiger partial charge >= 0.3 is 5.97 Å². The maximum Gasteiger partial charge on any atom is 0.363 e. The maximum atomic E-state index is 14.0. The molecule has 4 rings (SSSR count). The summed E-state index contributed by atoms with van der Waals surface area (Å²) in [6.45, 7) is 2.39. The van der Waals surface area contributed by atoms with Crippen LogP contribution in [0.4, 0.5) is 10.1 Å². The third-order valence-electron chi connectivity index (χ3n) is 4.84. The number of cyclic esters (lactones) is 1. The van der Waals surface area contributed by atoms with E-state index >= 15 is 0 Å². The number of benzene rings is 3. The molecule has 0 amide bonds. The van der Waals surface area contributed by atoms with Crippen molar-refractivity contribution < 1.29 is 28.3 Å². The number of halogens is 1. The van der Waals surface area contributed by atoms with Gasteiger partial charge in [0.05, 0.1) is 17.1 Å². The van der Waals surface area contributed by atoms with E-state index in [0.717, 1.165) is 5.56 Å². The number of nitro groups is 1. The smallest absolute Gasteiger partial charge is 0.363 e. The Morgan fingerprint density at radius 2 is 1.82 bits per heavy atom. The molecule has 0 aliphatic carbocycles. The van der Waals surface area contributed by atoms with E-state index in [4.69, 9.17) is 14.2 Å². The van der Waals surface area contributed by atoms with Crippen LogP contribution in [0.5, 0.6) is 11.5 Å². The highest BCUT2D eigenvalue weighted by Crippen LogP contribution is 2.31. The van der Waals surface area contributed by atoms with Gasteiger partial charge in [-0.15, -0.1) is 0 Å². The highest BCUT2D eigenvalue weighted by Gasteiger charge is 2.26. The Balaban J connectivity index is 1.54. The van der Waals surface area contributed by atoms with Gasteiger partial charge in [0.25, 0.3) is 5.69 Å². The van der Waals surface area contributed by atoms with Gasteiger partial charge in [-0.3, -0.25) is 10.1 Å². The highest BCUT2D eigenvalue weighted by atomic mass is 19.1. The van der Waals surface area contributed by atoms with Crippen LogP contribution in [0.15, 0.2) is 77.4 Å². The van der Waals surface area contributed by atoms with Crippen molar-refractivity contribution >= 4 is 23.6 Å². The summed E-state index contributed by atoms with van der Waals surface area (Å²) >= 11 is 0. The summed E-state index contributed by atoms with van der Waals surface area (Å²) in [5.41, 5.74) is 1.49. The summed E-state index contributed by atoms with van der Waals surface area (Å²) in [7, 11) is 0. The summed E-state index contributed by atoms with van der Waals surface area (Å²) in [6, 6.07) is 17.0. The minimum Gasteiger partial charge on any atom is -0.490 e. The number of non-ortho nitro benzene ring substituents is 1. The molecule has 0 N–H and O–H groups in total. The third kappa shape index (κ3) is 5.09. The van der Waals surface area contributed by atoms with Crippen molar-refractivity contribution in [3.63, 3.8) is 0 Å². The molecule has 9 heteroatoms. The molecular formula is C25H19FN2O6. The van der Waals surface area contributed by atoms with Crippen LogP contribution in [-0.2, 0) is 16.1 Å².